The lowest BCUT2D eigenvalue weighted by Crippen LogP contribution is -2.39. The van der Waals surface area contributed by atoms with E-state index in [1.807, 2.05) is 18.3 Å². The van der Waals surface area contributed by atoms with E-state index in [-0.39, 0.29) is 12.1 Å². The number of pyridine rings is 1. The summed E-state index contributed by atoms with van der Waals surface area (Å²) < 4.78 is 1.16. The number of aromatic nitrogens is 1. The van der Waals surface area contributed by atoms with Gasteiger partial charge < -0.3 is 5.73 Å². The van der Waals surface area contributed by atoms with E-state index in [1.165, 1.54) is 4.88 Å². The van der Waals surface area contributed by atoms with Crippen LogP contribution in [0.1, 0.15) is 30.0 Å². The first-order valence-electron chi connectivity index (χ1n) is 7.22. The zero-order valence-electron chi connectivity index (χ0n) is 12.5. The Balaban J connectivity index is 2.06. The third-order valence-electron chi connectivity index (χ3n) is 3.68. The van der Waals surface area contributed by atoms with E-state index < -0.39 is 0 Å². The summed E-state index contributed by atoms with van der Waals surface area (Å²) in [6.45, 7) is 3.10. The molecule has 2 heterocycles. The van der Waals surface area contributed by atoms with Crippen LogP contribution in [0.2, 0.25) is 0 Å². The van der Waals surface area contributed by atoms with E-state index in [2.05, 4.69) is 58.0 Å². The highest BCUT2D eigenvalue weighted by molar-refractivity contribution is 9.11. The third kappa shape index (κ3) is 4.61. The number of halogens is 1. The molecule has 2 atom stereocenters. The van der Waals surface area contributed by atoms with E-state index in [0.717, 1.165) is 28.9 Å². The van der Waals surface area contributed by atoms with Gasteiger partial charge in [-0.15, -0.1) is 11.3 Å². The van der Waals surface area contributed by atoms with Crippen LogP contribution in [0.3, 0.4) is 0 Å². The summed E-state index contributed by atoms with van der Waals surface area (Å²) in [7, 11) is 2.15. The van der Waals surface area contributed by atoms with Gasteiger partial charge in [0, 0.05) is 35.8 Å². The minimum absolute atomic E-state index is 0.143. The molecule has 0 amide bonds. The highest BCUT2D eigenvalue weighted by atomic mass is 79.9. The molecule has 2 aromatic rings. The van der Waals surface area contributed by atoms with Gasteiger partial charge in [0.25, 0.3) is 0 Å². The van der Waals surface area contributed by atoms with Gasteiger partial charge in [-0.3, -0.25) is 9.88 Å². The fourth-order valence-electron chi connectivity index (χ4n) is 2.44. The number of nitrogens with zero attached hydrogens (tertiary/aromatic N) is 2. The normalized spacial score (nSPS) is 14.3. The first-order valence-corrected chi connectivity index (χ1v) is 8.83. The highest BCUT2D eigenvalue weighted by Crippen LogP contribution is 2.32. The van der Waals surface area contributed by atoms with E-state index in [1.54, 1.807) is 11.3 Å². The average molecular weight is 368 g/mol. The molecule has 0 spiro atoms. The van der Waals surface area contributed by atoms with Gasteiger partial charge in [-0.2, -0.15) is 0 Å². The maximum atomic E-state index is 6.36. The van der Waals surface area contributed by atoms with Gasteiger partial charge in [-0.1, -0.05) is 13.0 Å². The van der Waals surface area contributed by atoms with Crippen LogP contribution in [0.25, 0.3) is 0 Å². The fraction of sp³-hybridized carbons (Fsp3) is 0.438. The van der Waals surface area contributed by atoms with Crippen LogP contribution in [0.4, 0.5) is 0 Å². The van der Waals surface area contributed by atoms with Crippen LogP contribution in [-0.4, -0.2) is 29.5 Å². The molecule has 0 bridgehead atoms. The second-order valence-corrected chi connectivity index (χ2v) is 7.71. The maximum absolute atomic E-state index is 6.36. The van der Waals surface area contributed by atoms with Crippen molar-refractivity contribution in [2.45, 2.75) is 31.8 Å². The molecule has 0 saturated heterocycles. The highest BCUT2D eigenvalue weighted by Gasteiger charge is 2.24. The molecule has 114 valence electrons. The molecule has 0 aliphatic carbocycles. The molecule has 21 heavy (non-hydrogen) atoms. The van der Waals surface area contributed by atoms with E-state index >= 15 is 0 Å². The molecule has 0 aliphatic rings. The molecule has 0 aliphatic heterocycles. The Morgan fingerprint density at radius 2 is 2.14 bits per heavy atom. The summed E-state index contributed by atoms with van der Waals surface area (Å²) >= 11 is 5.31. The second kappa shape index (κ2) is 8.03. The lowest BCUT2D eigenvalue weighted by molar-refractivity contribution is 0.215. The van der Waals surface area contributed by atoms with E-state index in [4.69, 9.17) is 5.73 Å². The van der Waals surface area contributed by atoms with Crippen molar-refractivity contribution < 1.29 is 0 Å². The molecule has 2 aromatic heterocycles. The Bertz CT molecular complexity index is 543. The SMILES string of the molecule is CCC(N)C(c1ccc(Br)s1)N(C)CCc1ccccn1. The zero-order chi connectivity index (χ0) is 15.2. The fourth-order valence-corrected chi connectivity index (χ4v) is 4.11. The standard InChI is InChI=1S/C16H22BrN3S/c1-3-13(18)16(14-7-8-15(17)21-14)20(2)11-9-12-6-4-5-10-19-12/h4-8,10,13,16H,3,9,11,18H2,1-2H3. The Hall–Kier alpha value is -0.750. The molecule has 2 rings (SSSR count). The summed E-state index contributed by atoms with van der Waals surface area (Å²) in [4.78, 5) is 8.06. The predicted octanol–water partition coefficient (Wildman–Crippen LogP) is 3.86. The molecule has 2 unspecified atom stereocenters. The second-order valence-electron chi connectivity index (χ2n) is 5.21. The van der Waals surface area contributed by atoms with Gasteiger partial charge >= 0.3 is 0 Å². The van der Waals surface area contributed by atoms with Crippen LogP contribution in [-0.2, 0) is 6.42 Å². The Labute approximate surface area is 139 Å². The van der Waals surface area contributed by atoms with Crippen LogP contribution < -0.4 is 5.73 Å². The largest absolute Gasteiger partial charge is 0.326 e. The van der Waals surface area contributed by atoms with Gasteiger partial charge in [-0.25, -0.2) is 0 Å². The van der Waals surface area contributed by atoms with Gasteiger partial charge in [0.1, 0.15) is 0 Å². The number of likely N-dealkylation sites (N-methyl/N-ethyl adjacent to an activating group) is 1. The molecule has 0 fully saturated rings. The monoisotopic (exact) mass is 367 g/mol. The first kappa shape index (κ1) is 16.6. The third-order valence-corrected chi connectivity index (χ3v) is 5.38. The van der Waals surface area contributed by atoms with Gasteiger partial charge in [0.2, 0.25) is 0 Å². The smallest absolute Gasteiger partial charge is 0.0702 e. The molecule has 2 N–H and O–H groups in total. The molecule has 0 radical (unpaired) electrons. The Kier molecular flexibility index (Phi) is 6.36. The minimum Gasteiger partial charge on any atom is -0.326 e. The van der Waals surface area contributed by atoms with Crippen molar-refractivity contribution in [2.24, 2.45) is 5.73 Å². The number of thiophene rings is 1. The van der Waals surface area contributed by atoms with Gasteiger partial charge in [-0.05, 0) is 53.7 Å². The summed E-state index contributed by atoms with van der Waals surface area (Å²) in [6.07, 6.45) is 3.76. The van der Waals surface area contributed by atoms with Crippen molar-refractivity contribution >= 4 is 27.3 Å². The quantitative estimate of drug-likeness (QED) is 0.807. The number of rotatable bonds is 7. The van der Waals surface area contributed by atoms with Crippen molar-refractivity contribution in [3.63, 3.8) is 0 Å². The lowest BCUT2D eigenvalue weighted by Gasteiger charge is -2.31. The van der Waals surface area contributed by atoms with Crippen LogP contribution in [0.5, 0.6) is 0 Å². The molecule has 0 saturated carbocycles. The van der Waals surface area contributed by atoms with Crippen LogP contribution >= 0.6 is 27.3 Å². The number of hydrogen-bond donors (Lipinski definition) is 1. The van der Waals surface area contributed by atoms with Crippen molar-refractivity contribution in [1.82, 2.24) is 9.88 Å². The Morgan fingerprint density at radius 3 is 2.71 bits per heavy atom. The molecular formula is C16H22BrN3S. The predicted molar refractivity (Wildman–Crippen MR) is 93.6 cm³/mol. The average Bonchev–Trinajstić information content (AvgIpc) is 2.92. The Morgan fingerprint density at radius 1 is 1.33 bits per heavy atom. The van der Waals surface area contributed by atoms with Crippen LogP contribution in [0.15, 0.2) is 40.3 Å². The van der Waals surface area contributed by atoms with Crippen molar-refractivity contribution in [3.05, 3.63) is 50.9 Å². The van der Waals surface area contributed by atoms with Gasteiger partial charge in [0.15, 0.2) is 0 Å². The number of hydrogen-bond acceptors (Lipinski definition) is 4. The van der Waals surface area contributed by atoms with Crippen molar-refractivity contribution in [2.75, 3.05) is 13.6 Å². The van der Waals surface area contributed by atoms with E-state index in [9.17, 15) is 0 Å². The van der Waals surface area contributed by atoms with Crippen molar-refractivity contribution in [1.29, 1.82) is 0 Å². The van der Waals surface area contributed by atoms with Gasteiger partial charge in [0.05, 0.1) is 9.83 Å². The summed E-state index contributed by atoms with van der Waals surface area (Å²) in [5.41, 5.74) is 7.49. The molecule has 0 aromatic carbocycles. The topological polar surface area (TPSA) is 42.1 Å². The first-order chi connectivity index (χ1) is 10.1. The molecular weight excluding hydrogens is 346 g/mol. The lowest BCUT2D eigenvalue weighted by atomic mass is 10.0. The molecule has 5 heteroatoms. The summed E-state index contributed by atoms with van der Waals surface area (Å²) in [5.74, 6) is 0. The summed E-state index contributed by atoms with van der Waals surface area (Å²) in [5, 5.41) is 0. The maximum Gasteiger partial charge on any atom is 0.0702 e. The van der Waals surface area contributed by atoms with E-state index in [0.29, 0.717) is 0 Å². The van der Waals surface area contributed by atoms with Crippen LogP contribution in [0, 0.1) is 0 Å². The minimum atomic E-state index is 0.143. The summed E-state index contributed by atoms with van der Waals surface area (Å²) in [6, 6.07) is 10.7. The molecule has 3 nitrogen and oxygen atoms in total. The number of nitrogens with two attached hydrogens (primary N) is 1. The van der Waals surface area contributed by atoms with Crippen molar-refractivity contribution in [3.8, 4) is 0 Å². The zero-order valence-corrected chi connectivity index (χ0v) is 14.9.